The van der Waals surface area contributed by atoms with E-state index in [1.165, 1.54) is 11.3 Å². The fourth-order valence-corrected chi connectivity index (χ4v) is 4.12. The number of amides is 1. The zero-order valence-electron chi connectivity index (χ0n) is 13.8. The first-order chi connectivity index (χ1) is 12.6. The number of benzene rings is 1. The van der Waals surface area contributed by atoms with Crippen molar-refractivity contribution >= 4 is 48.5 Å². The molecule has 0 aliphatic carbocycles. The molecular formula is C18H14BrN5OS. The van der Waals surface area contributed by atoms with E-state index in [9.17, 15) is 4.79 Å². The second-order valence-corrected chi connectivity index (χ2v) is 7.59. The van der Waals surface area contributed by atoms with Crippen LogP contribution in [-0.2, 0) is 13.6 Å². The van der Waals surface area contributed by atoms with Gasteiger partial charge in [0.25, 0.3) is 5.91 Å². The lowest BCUT2D eigenvalue weighted by Crippen LogP contribution is -2.32. The minimum absolute atomic E-state index is 0.159. The van der Waals surface area contributed by atoms with Crippen molar-refractivity contribution in [2.24, 2.45) is 7.05 Å². The zero-order chi connectivity index (χ0) is 18.1. The fraction of sp³-hybridized carbons (Fsp3) is 0.111. The van der Waals surface area contributed by atoms with Gasteiger partial charge in [-0.1, -0.05) is 33.3 Å². The van der Waals surface area contributed by atoms with Crippen LogP contribution in [0.4, 0.5) is 5.13 Å². The first kappa shape index (κ1) is 16.9. The van der Waals surface area contributed by atoms with Crippen molar-refractivity contribution in [1.29, 1.82) is 0 Å². The van der Waals surface area contributed by atoms with Crippen molar-refractivity contribution in [2.45, 2.75) is 6.54 Å². The van der Waals surface area contributed by atoms with Crippen LogP contribution in [0.25, 0.3) is 10.2 Å². The number of halogens is 1. The summed E-state index contributed by atoms with van der Waals surface area (Å²) >= 11 is 4.96. The number of carbonyl (C=O) groups is 1. The highest BCUT2D eigenvalue weighted by Gasteiger charge is 2.24. The first-order valence-electron chi connectivity index (χ1n) is 7.88. The molecule has 1 aromatic carbocycles. The summed E-state index contributed by atoms with van der Waals surface area (Å²) in [5.74, 6) is -0.159. The molecule has 0 saturated heterocycles. The van der Waals surface area contributed by atoms with E-state index in [1.807, 2.05) is 36.4 Å². The van der Waals surface area contributed by atoms with E-state index < -0.39 is 0 Å². The van der Waals surface area contributed by atoms with Gasteiger partial charge in [-0.15, -0.1) is 0 Å². The zero-order valence-corrected chi connectivity index (χ0v) is 16.2. The number of rotatable bonds is 4. The quantitative estimate of drug-likeness (QED) is 0.492. The highest BCUT2D eigenvalue weighted by Crippen LogP contribution is 2.32. The summed E-state index contributed by atoms with van der Waals surface area (Å²) in [5.41, 5.74) is 2.15. The molecule has 0 bridgehead atoms. The second-order valence-electron chi connectivity index (χ2n) is 5.66. The normalized spacial score (nSPS) is 11.0. The monoisotopic (exact) mass is 427 g/mol. The third kappa shape index (κ3) is 3.25. The minimum atomic E-state index is -0.159. The van der Waals surface area contributed by atoms with Crippen molar-refractivity contribution in [3.63, 3.8) is 0 Å². The summed E-state index contributed by atoms with van der Waals surface area (Å²) in [4.78, 5) is 23.8. The Morgan fingerprint density at radius 2 is 2.12 bits per heavy atom. The molecule has 0 spiro atoms. The third-order valence-corrected chi connectivity index (χ3v) is 5.44. The van der Waals surface area contributed by atoms with Crippen molar-refractivity contribution in [2.75, 3.05) is 4.90 Å². The second kappa shape index (κ2) is 6.97. The number of fused-ring (bicyclic) bond motifs is 1. The number of anilines is 1. The predicted octanol–water partition coefficient (Wildman–Crippen LogP) is 4.03. The van der Waals surface area contributed by atoms with Crippen LogP contribution < -0.4 is 4.90 Å². The SMILES string of the molecule is Cn1nccc1C(=O)N(Cc1ccccn1)c1nc2ccc(Br)cc2s1. The molecule has 0 aliphatic heterocycles. The van der Waals surface area contributed by atoms with Crippen molar-refractivity contribution < 1.29 is 4.79 Å². The number of nitrogens with zero attached hydrogens (tertiary/aromatic N) is 5. The Kier molecular flexibility index (Phi) is 4.52. The van der Waals surface area contributed by atoms with Crippen LogP contribution in [0.15, 0.2) is 59.3 Å². The lowest BCUT2D eigenvalue weighted by molar-refractivity contribution is 0.0975. The summed E-state index contributed by atoms with van der Waals surface area (Å²) in [5, 5.41) is 4.74. The predicted molar refractivity (Wildman–Crippen MR) is 105 cm³/mol. The van der Waals surface area contributed by atoms with Gasteiger partial charge in [-0.25, -0.2) is 4.98 Å². The maximum absolute atomic E-state index is 13.2. The molecule has 8 heteroatoms. The summed E-state index contributed by atoms with van der Waals surface area (Å²) in [6, 6.07) is 13.2. The van der Waals surface area contributed by atoms with Crippen LogP contribution in [0, 0.1) is 0 Å². The van der Waals surface area contributed by atoms with Gasteiger partial charge in [-0.3, -0.25) is 19.4 Å². The minimum Gasteiger partial charge on any atom is -0.277 e. The number of hydrogen-bond acceptors (Lipinski definition) is 5. The van der Waals surface area contributed by atoms with Gasteiger partial charge in [-0.05, 0) is 36.4 Å². The van der Waals surface area contributed by atoms with Gasteiger partial charge in [0.15, 0.2) is 5.13 Å². The van der Waals surface area contributed by atoms with E-state index in [2.05, 4.69) is 31.0 Å². The summed E-state index contributed by atoms with van der Waals surface area (Å²) in [7, 11) is 1.75. The van der Waals surface area contributed by atoms with E-state index in [-0.39, 0.29) is 5.91 Å². The molecule has 3 heterocycles. The Hall–Kier alpha value is -2.58. The Morgan fingerprint density at radius 1 is 1.23 bits per heavy atom. The molecule has 0 N–H and O–H groups in total. The van der Waals surface area contributed by atoms with Crippen LogP contribution in [-0.4, -0.2) is 25.7 Å². The highest BCUT2D eigenvalue weighted by atomic mass is 79.9. The van der Waals surface area contributed by atoms with Crippen molar-refractivity contribution in [3.05, 3.63) is 70.7 Å². The summed E-state index contributed by atoms with van der Waals surface area (Å²) < 4.78 is 3.56. The van der Waals surface area contributed by atoms with E-state index in [4.69, 9.17) is 0 Å². The van der Waals surface area contributed by atoms with Crippen LogP contribution in [0.2, 0.25) is 0 Å². The molecule has 4 rings (SSSR count). The Labute approximate surface area is 162 Å². The van der Waals surface area contributed by atoms with Gasteiger partial charge in [0.05, 0.1) is 22.5 Å². The van der Waals surface area contributed by atoms with Gasteiger partial charge in [0, 0.05) is 23.9 Å². The molecule has 0 fully saturated rings. The molecule has 0 radical (unpaired) electrons. The molecule has 0 saturated carbocycles. The Morgan fingerprint density at radius 3 is 2.85 bits per heavy atom. The topological polar surface area (TPSA) is 63.9 Å². The van der Waals surface area contributed by atoms with Crippen LogP contribution in [0.3, 0.4) is 0 Å². The lowest BCUT2D eigenvalue weighted by Gasteiger charge is -2.19. The van der Waals surface area contributed by atoms with Crippen molar-refractivity contribution in [3.8, 4) is 0 Å². The fourth-order valence-electron chi connectivity index (χ4n) is 2.60. The van der Waals surface area contributed by atoms with Gasteiger partial charge < -0.3 is 0 Å². The molecular weight excluding hydrogens is 414 g/mol. The Bertz CT molecular complexity index is 1080. The number of hydrogen-bond donors (Lipinski definition) is 0. The number of carbonyl (C=O) groups excluding carboxylic acids is 1. The highest BCUT2D eigenvalue weighted by molar-refractivity contribution is 9.10. The number of thiazole rings is 1. The summed E-state index contributed by atoms with van der Waals surface area (Å²) in [6.07, 6.45) is 3.33. The number of aryl methyl sites for hydroxylation is 1. The maximum Gasteiger partial charge on any atom is 0.278 e. The van der Waals surface area contributed by atoms with Gasteiger partial charge in [0.1, 0.15) is 5.69 Å². The molecule has 26 heavy (non-hydrogen) atoms. The Balaban J connectivity index is 1.78. The van der Waals surface area contributed by atoms with Crippen LogP contribution in [0.5, 0.6) is 0 Å². The van der Waals surface area contributed by atoms with E-state index in [0.29, 0.717) is 17.4 Å². The molecule has 0 aliphatic rings. The maximum atomic E-state index is 13.2. The molecule has 6 nitrogen and oxygen atoms in total. The average Bonchev–Trinajstić information content (AvgIpc) is 3.25. The smallest absolute Gasteiger partial charge is 0.277 e. The molecule has 0 unspecified atom stereocenters. The number of pyridine rings is 1. The van der Waals surface area contributed by atoms with E-state index in [1.54, 1.807) is 35.1 Å². The molecule has 4 aromatic rings. The van der Waals surface area contributed by atoms with Crippen LogP contribution >= 0.6 is 27.3 Å². The first-order valence-corrected chi connectivity index (χ1v) is 9.48. The van der Waals surface area contributed by atoms with Gasteiger partial charge in [0.2, 0.25) is 0 Å². The lowest BCUT2D eigenvalue weighted by atomic mass is 10.3. The van der Waals surface area contributed by atoms with Gasteiger partial charge in [-0.2, -0.15) is 5.10 Å². The van der Waals surface area contributed by atoms with Gasteiger partial charge >= 0.3 is 0 Å². The average molecular weight is 428 g/mol. The third-order valence-electron chi connectivity index (χ3n) is 3.90. The molecule has 0 atom stereocenters. The van der Waals surface area contributed by atoms with Crippen LogP contribution in [0.1, 0.15) is 16.2 Å². The van der Waals surface area contributed by atoms with E-state index >= 15 is 0 Å². The molecule has 3 aromatic heterocycles. The standard InChI is InChI=1S/C18H14BrN5OS/c1-23-15(7-9-21-23)17(25)24(11-13-4-2-3-8-20-13)18-22-14-6-5-12(19)10-16(14)26-18/h2-10H,11H2,1H3. The number of aromatic nitrogens is 4. The molecule has 1 amide bonds. The van der Waals surface area contributed by atoms with Crippen molar-refractivity contribution in [1.82, 2.24) is 19.7 Å². The molecule has 130 valence electrons. The van der Waals surface area contributed by atoms with E-state index in [0.717, 1.165) is 20.4 Å². The largest absolute Gasteiger partial charge is 0.278 e. The summed E-state index contributed by atoms with van der Waals surface area (Å²) in [6.45, 7) is 0.339.